The van der Waals surface area contributed by atoms with Gasteiger partial charge in [0.1, 0.15) is 22.3 Å². The highest BCUT2D eigenvalue weighted by molar-refractivity contribution is 6.16. The van der Waals surface area contributed by atoms with Gasteiger partial charge < -0.3 is 13.7 Å². The Kier molecular flexibility index (Phi) is 7.58. The molecule has 2 aromatic heterocycles. The van der Waals surface area contributed by atoms with Crippen LogP contribution in [0, 0.1) is 0 Å². The molecule has 0 amide bonds. The smallest absolute Gasteiger partial charge is 0.143 e. The van der Waals surface area contributed by atoms with E-state index in [-0.39, 0.29) is 0 Å². The molecule has 1 aliphatic carbocycles. The molecule has 1 aliphatic rings. The van der Waals surface area contributed by atoms with Crippen molar-refractivity contribution in [2.24, 2.45) is 0 Å². The Bertz CT molecular complexity index is 3040. The third-order valence-electron chi connectivity index (χ3n) is 11.9. The first-order chi connectivity index (χ1) is 27.3. The second-order valence-corrected chi connectivity index (χ2v) is 15.0. The maximum Gasteiger partial charge on any atom is 0.143 e. The summed E-state index contributed by atoms with van der Waals surface area (Å²) in [5.41, 5.74) is 12.8. The Balaban J connectivity index is 1.22. The second-order valence-electron chi connectivity index (χ2n) is 15.0. The Morgan fingerprint density at radius 3 is 1.73 bits per heavy atom. The van der Waals surface area contributed by atoms with Gasteiger partial charge in [-0.1, -0.05) is 153 Å². The van der Waals surface area contributed by atoms with E-state index in [1.165, 1.54) is 59.6 Å². The second kappa shape index (κ2) is 13.1. The van der Waals surface area contributed by atoms with Crippen LogP contribution in [0.2, 0.25) is 0 Å². The molecule has 0 aliphatic heterocycles. The van der Waals surface area contributed by atoms with Crippen molar-refractivity contribution in [3.8, 4) is 22.3 Å². The van der Waals surface area contributed by atoms with E-state index in [1.807, 2.05) is 12.1 Å². The van der Waals surface area contributed by atoms with Crippen molar-refractivity contribution in [3.05, 3.63) is 175 Å². The number of hydrogen-bond donors (Lipinski definition) is 0. The van der Waals surface area contributed by atoms with Crippen LogP contribution in [0.4, 0.5) is 17.1 Å². The van der Waals surface area contributed by atoms with E-state index in [0.717, 1.165) is 72.1 Å². The van der Waals surface area contributed by atoms with Crippen LogP contribution in [0.1, 0.15) is 43.6 Å². The molecule has 0 spiro atoms. The zero-order chi connectivity index (χ0) is 36.3. The van der Waals surface area contributed by atoms with Gasteiger partial charge in [0.15, 0.2) is 0 Å². The van der Waals surface area contributed by atoms with Crippen LogP contribution in [0.25, 0.3) is 76.9 Å². The molecule has 1 fully saturated rings. The van der Waals surface area contributed by atoms with E-state index in [1.54, 1.807) is 0 Å². The average Bonchev–Trinajstić information content (AvgIpc) is 3.83. The lowest BCUT2D eigenvalue weighted by atomic mass is 9.80. The number of hydrogen-bond acceptors (Lipinski definition) is 3. The quantitative estimate of drug-likeness (QED) is 0.172. The topological polar surface area (TPSA) is 29.5 Å². The van der Waals surface area contributed by atoms with Gasteiger partial charge in [0.25, 0.3) is 0 Å². The summed E-state index contributed by atoms with van der Waals surface area (Å²) in [6.07, 6.45) is 6.42. The van der Waals surface area contributed by atoms with Crippen molar-refractivity contribution >= 4 is 71.7 Å². The molecule has 0 atom stereocenters. The summed E-state index contributed by atoms with van der Waals surface area (Å²) in [6, 6.07) is 61.2. The summed E-state index contributed by atoms with van der Waals surface area (Å²) in [6.45, 7) is 0. The number of rotatable bonds is 6. The summed E-state index contributed by atoms with van der Waals surface area (Å²) in [4.78, 5) is 2.47. The number of nitrogens with zero attached hydrogens (tertiary/aromatic N) is 1. The highest BCUT2D eigenvalue weighted by atomic mass is 16.3. The van der Waals surface area contributed by atoms with Gasteiger partial charge in [-0.3, -0.25) is 0 Å². The van der Waals surface area contributed by atoms with E-state index in [0.29, 0.717) is 5.92 Å². The van der Waals surface area contributed by atoms with E-state index >= 15 is 0 Å². The van der Waals surface area contributed by atoms with Crippen molar-refractivity contribution in [2.45, 2.75) is 38.0 Å². The van der Waals surface area contributed by atoms with Crippen LogP contribution in [0.5, 0.6) is 0 Å². The number of anilines is 3. The number of para-hydroxylation sites is 5. The molecule has 11 rings (SSSR count). The average molecular weight is 710 g/mol. The zero-order valence-corrected chi connectivity index (χ0v) is 30.5. The fourth-order valence-corrected chi connectivity index (χ4v) is 9.43. The van der Waals surface area contributed by atoms with Crippen molar-refractivity contribution in [2.75, 3.05) is 4.90 Å². The largest absolute Gasteiger partial charge is 0.456 e. The molecule has 55 heavy (non-hydrogen) atoms. The van der Waals surface area contributed by atoms with Crippen LogP contribution in [-0.4, -0.2) is 0 Å². The van der Waals surface area contributed by atoms with Crippen LogP contribution in [0.15, 0.2) is 179 Å². The van der Waals surface area contributed by atoms with Crippen molar-refractivity contribution in [1.29, 1.82) is 0 Å². The fourth-order valence-electron chi connectivity index (χ4n) is 9.43. The van der Waals surface area contributed by atoms with Crippen LogP contribution < -0.4 is 4.90 Å². The van der Waals surface area contributed by atoms with Crippen molar-refractivity contribution in [3.63, 3.8) is 0 Å². The van der Waals surface area contributed by atoms with Gasteiger partial charge in [-0.05, 0) is 77.1 Å². The van der Waals surface area contributed by atoms with E-state index in [4.69, 9.17) is 8.83 Å². The SMILES string of the molecule is c1ccc(N(c2ccccc2-c2cccc3cccc(C4CCCCC4)c23)c2cccc3oc4ccccc4c23)c(-c2cccc3c2oc2ccccc23)c1. The molecular formula is C52H39NO2. The normalized spacial score (nSPS) is 13.7. The summed E-state index contributed by atoms with van der Waals surface area (Å²) in [5.74, 6) is 0.568. The maximum absolute atomic E-state index is 6.68. The molecule has 264 valence electrons. The zero-order valence-electron chi connectivity index (χ0n) is 30.5. The predicted octanol–water partition coefficient (Wildman–Crippen LogP) is 15.5. The molecule has 10 aromatic rings. The highest BCUT2D eigenvalue weighted by Crippen LogP contribution is 2.51. The standard InChI is InChI=1S/C52H39NO2/c1-2-16-34(17-3-1)36-24-12-18-35-19-13-25-40(50(35)36)37-20-4-8-28-44(37)53(46-30-15-33-49-51(46)43-23-7-11-32-48(43)54-49)45-29-9-5-21-38(45)41-26-14-27-42-39-22-6-10-31-47(39)55-52(41)42/h4-15,18-34H,1-3,16-17H2. The first-order valence-corrected chi connectivity index (χ1v) is 19.6. The Morgan fingerprint density at radius 1 is 0.382 bits per heavy atom. The third-order valence-corrected chi connectivity index (χ3v) is 11.9. The molecule has 0 radical (unpaired) electrons. The highest BCUT2D eigenvalue weighted by Gasteiger charge is 2.27. The van der Waals surface area contributed by atoms with E-state index in [2.05, 4.69) is 163 Å². The molecule has 3 heteroatoms. The lowest BCUT2D eigenvalue weighted by molar-refractivity contribution is 0.445. The molecule has 0 N–H and O–H groups in total. The van der Waals surface area contributed by atoms with E-state index in [9.17, 15) is 0 Å². The molecular weight excluding hydrogens is 671 g/mol. The summed E-state index contributed by atoms with van der Waals surface area (Å²) >= 11 is 0. The summed E-state index contributed by atoms with van der Waals surface area (Å²) < 4.78 is 13.2. The Hall–Kier alpha value is -6.58. The van der Waals surface area contributed by atoms with Gasteiger partial charge in [-0.15, -0.1) is 0 Å². The van der Waals surface area contributed by atoms with Gasteiger partial charge in [-0.2, -0.15) is 0 Å². The molecule has 1 saturated carbocycles. The minimum absolute atomic E-state index is 0.568. The summed E-state index contributed by atoms with van der Waals surface area (Å²) in [5, 5.41) is 7.09. The van der Waals surface area contributed by atoms with Gasteiger partial charge in [0, 0.05) is 32.8 Å². The first-order valence-electron chi connectivity index (χ1n) is 19.6. The molecule has 8 aromatic carbocycles. The first kappa shape index (κ1) is 31.9. The lowest BCUT2D eigenvalue weighted by Gasteiger charge is -2.31. The van der Waals surface area contributed by atoms with Gasteiger partial charge in [0.2, 0.25) is 0 Å². The van der Waals surface area contributed by atoms with Crippen LogP contribution >= 0.6 is 0 Å². The van der Waals surface area contributed by atoms with Crippen molar-refractivity contribution in [1.82, 2.24) is 0 Å². The summed E-state index contributed by atoms with van der Waals surface area (Å²) in [7, 11) is 0. The molecule has 0 bridgehead atoms. The fraction of sp³-hybridized carbons (Fsp3) is 0.115. The third kappa shape index (κ3) is 5.18. The predicted molar refractivity (Wildman–Crippen MR) is 230 cm³/mol. The Morgan fingerprint density at radius 2 is 0.927 bits per heavy atom. The lowest BCUT2D eigenvalue weighted by Crippen LogP contribution is -2.13. The van der Waals surface area contributed by atoms with Gasteiger partial charge in [0.05, 0.1) is 22.4 Å². The molecule has 0 saturated heterocycles. The number of furan rings is 2. The van der Waals surface area contributed by atoms with Crippen LogP contribution in [0.3, 0.4) is 0 Å². The van der Waals surface area contributed by atoms with Gasteiger partial charge >= 0.3 is 0 Å². The molecule has 0 unspecified atom stereocenters. The minimum atomic E-state index is 0.568. The number of benzene rings is 8. The maximum atomic E-state index is 6.68. The Labute approximate surface area is 320 Å². The van der Waals surface area contributed by atoms with E-state index < -0.39 is 0 Å². The number of fused-ring (bicyclic) bond motifs is 7. The van der Waals surface area contributed by atoms with Gasteiger partial charge in [-0.25, -0.2) is 0 Å². The molecule has 3 nitrogen and oxygen atoms in total. The monoisotopic (exact) mass is 709 g/mol. The van der Waals surface area contributed by atoms with Crippen molar-refractivity contribution < 1.29 is 8.83 Å². The van der Waals surface area contributed by atoms with Crippen LogP contribution in [-0.2, 0) is 0 Å². The molecule has 2 heterocycles. The minimum Gasteiger partial charge on any atom is -0.456 e.